The molecule has 2 atom stereocenters. The zero-order valence-corrected chi connectivity index (χ0v) is 13.4. The van der Waals surface area contributed by atoms with E-state index in [0.717, 1.165) is 11.8 Å². The standard InChI is InChI=1S/C19H30N2/c1-2-5-14-9-11-15(12-10-14)18(20)17-8-3-6-16-7-4-13-21-19(16)17/h4,7,13-15,17-18H,2-3,5-6,8-12,20H2,1H3. The summed E-state index contributed by atoms with van der Waals surface area (Å²) in [7, 11) is 0. The van der Waals surface area contributed by atoms with Crippen LogP contribution in [-0.4, -0.2) is 11.0 Å². The fourth-order valence-corrected chi connectivity index (χ4v) is 4.62. The summed E-state index contributed by atoms with van der Waals surface area (Å²) in [5.41, 5.74) is 9.48. The molecule has 1 aromatic heterocycles. The lowest BCUT2D eigenvalue weighted by molar-refractivity contribution is 0.211. The SMILES string of the molecule is CCCC1CCC(C(N)C2CCCc3cccnc32)CC1. The Labute approximate surface area is 129 Å². The van der Waals surface area contributed by atoms with Crippen LogP contribution in [-0.2, 0) is 6.42 Å². The molecule has 2 N–H and O–H groups in total. The molecule has 0 radical (unpaired) electrons. The largest absolute Gasteiger partial charge is 0.327 e. The maximum Gasteiger partial charge on any atom is 0.0481 e. The second-order valence-corrected chi connectivity index (χ2v) is 7.19. The molecule has 3 rings (SSSR count). The summed E-state index contributed by atoms with van der Waals surface area (Å²) >= 11 is 0. The minimum atomic E-state index is 0.321. The second kappa shape index (κ2) is 6.91. The lowest BCUT2D eigenvalue weighted by Gasteiger charge is -2.37. The van der Waals surface area contributed by atoms with E-state index in [2.05, 4.69) is 24.0 Å². The van der Waals surface area contributed by atoms with E-state index in [1.54, 1.807) is 0 Å². The van der Waals surface area contributed by atoms with Gasteiger partial charge in [0.15, 0.2) is 0 Å². The quantitative estimate of drug-likeness (QED) is 0.889. The Kier molecular flexibility index (Phi) is 4.95. The number of fused-ring (bicyclic) bond motifs is 1. The molecule has 1 aromatic rings. The van der Waals surface area contributed by atoms with Gasteiger partial charge in [0.1, 0.15) is 0 Å². The Hall–Kier alpha value is -0.890. The number of pyridine rings is 1. The van der Waals surface area contributed by atoms with Gasteiger partial charge < -0.3 is 5.73 Å². The van der Waals surface area contributed by atoms with Gasteiger partial charge in [0.2, 0.25) is 0 Å². The third-order valence-corrected chi connectivity index (χ3v) is 5.84. The van der Waals surface area contributed by atoms with Crippen molar-refractivity contribution >= 4 is 0 Å². The minimum absolute atomic E-state index is 0.321. The molecule has 1 heterocycles. The van der Waals surface area contributed by atoms with E-state index < -0.39 is 0 Å². The van der Waals surface area contributed by atoms with E-state index in [-0.39, 0.29) is 0 Å². The van der Waals surface area contributed by atoms with Crippen molar-refractivity contribution in [2.45, 2.75) is 76.7 Å². The van der Waals surface area contributed by atoms with Gasteiger partial charge in [-0.15, -0.1) is 0 Å². The van der Waals surface area contributed by atoms with Crippen molar-refractivity contribution in [3.05, 3.63) is 29.6 Å². The van der Waals surface area contributed by atoms with Crippen LogP contribution in [0.4, 0.5) is 0 Å². The van der Waals surface area contributed by atoms with Gasteiger partial charge in [-0.3, -0.25) is 4.98 Å². The Morgan fingerprint density at radius 2 is 2.05 bits per heavy atom. The smallest absolute Gasteiger partial charge is 0.0481 e. The van der Waals surface area contributed by atoms with Crippen molar-refractivity contribution in [2.75, 3.05) is 0 Å². The molecule has 0 saturated heterocycles. The van der Waals surface area contributed by atoms with Crippen LogP contribution in [0.25, 0.3) is 0 Å². The summed E-state index contributed by atoms with van der Waals surface area (Å²) in [6, 6.07) is 4.64. The topological polar surface area (TPSA) is 38.9 Å². The van der Waals surface area contributed by atoms with Crippen molar-refractivity contribution < 1.29 is 0 Å². The molecule has 2 heteroatoms. The Balaban J connectivity index is 1.65. The Bertz CT molecular complexity index is 449. The molecule has 21 heavy (non-hydrogen) atoms. The van der Waals surface area contributed by atoms with E-state index in [9.17, 15) is 0 Å². The Morgan fingerprint density at radius 1 is 1.24 bits per heavy atom. The summed E-state index contributed by atoms with van der Waals surface area (Å²) in [5.74, 6) is 2.19. The van der Waals surface area contributed by atoms with Gasteiger partial charge in [-0.05, 0) is 55.6 Å². The minimum Gasteiger partial charge on any atom is -0.327 e. The van der Waals surface area contributed by atoms with Gasteiger partial charge in [-0.1, -0.05) is 38.7 Å². The van der Waals surface area contributed by atoms with Gasteiger partial charge in [0.25, 0.3) is 0 Å². The average molecular weight is 286 g/mol. The molecule has 0 amide bonds. The normalized spacial score (nSPS) is 30.7. The molecular formula is C19H30N2. The van der Waals surface area contributed by atoms with Crippen LogP contribution in [0.3, 0.4) is 0 Å². The van der Waals surface area contributed by atoms with Crippen LogP contribution in [0.15, 0.2) is 18.3 Å². The number of hydrogen-bond acceptors (Lipinski definition) is 2. The van der Waals surface area contributed by atoms with E-state index in [1.165, 1.54) is 69.0 Å². The highest BCUT2D eigenvalue weighted by molar-refractivity contribution is 5.27. The Morgan fingerprint density at radius 3 is 2.81 bits per heavy atom. The van der Waals surface area contributed by atoms with Crippen LogP contribution >= 0.6 is 0 Å². The van der Waals surface area contributed by atoms with Gasteiger partial charge in [-0.25, -0.2) is 0 Å². The summed E-state index contributed by atoms with van der Waals surface area (Å²) < 4.78 is 0. The monoisotopic (exact) mass is 286 g/mol. The summed E-state index contributed by atoms with van der Waals surface area (Å²) in [6.45, 7) is 2.31. The van der Waals surface area contributed by atoms with Crippen molar-refractivity contribution in [1.82, 2.24) is 4.98 Å². The first-order chi connectivity index (χ1) is 10.3. The number of nitrogens with zero attached hydrogens (tertiary/aromatic N) is 1. The highest BCUT2D eigenvalue weighted by Gasteiger charge is 2.33. The molecular weight excluding hydrogens is 256 g/mol. The van der Waals surface area contributed by atoms with Crippen LogP contribution < -0.4 is 5.73 Å². The third kappa shape index (κ3) is 3.31. The molecule has 1 saturated carbocycles. The number of nitrogens with two attached hydrogens (primary N) is 1. The molecule has 0 aliphatic heterocycles. The van der Waals surface area contributed by atoms with Gasteiger partial charge in [0.05, 0.1) is 0 Å². The molecule has 2 aliphatic rings. The fraction of sp³-hybridized carbons (Fsp3) is 0.737. The summed E-state index contributed by atoms with van der Waals surface area (Å²) in [6.07, 6.45) is 13.9. The van der Waals surface area contributed by atoms with Gasteiger partial charge in [0, 0.05) is 23.9 Å². The zero-order chi connectivity index (χ0) is 14.7. The van der Waals surface area contributed by atoms with E-state index >= 15 is 0 Å². The predicted octanol–water partition coefficient (Wildman–Crippen LogP) is 4.44. The molecule has 0 spiro atoms. The van der Waals surface area contributed by atoms with Crippen LogP contribution in [0, 0.1) is 11.8 Å². The van der Waals surface area contributed by atoms with Crippen molar-refractivity contribution in [3.8, 4) is 0 Å². The molecule has 0 aromatic carbocycles. The van der Waals surface area contributed by atoms with E-state index in [0.29, 0.717) is 12.0 Å². The van der Waals surface area contributed by atoms with Crippen LogP contribution in [0.1, 0.15) is 75.5 Å². The highest BCUT2D eigenvalue weighted by Crippen LogP contribution is 2.40. The number of hydrogen-bond donors (Lipinski definition) is 1. The second-order valence-electron chi connectivity index (χ2n) is 7.19. The number of rotatable bonds is 4. The first-order valence-electron chi connectivity index (χ1n) is 8.99. The molecule has 2 nitrogen and oxygen atoms in total. The first-order valence-corrected chi connectivity index (χ1v) is 8.99. The lowest BCUT2D eigenvalue weighted by Crippen LogP contribution is -2.40. The molecule has 2 aliphatic carbocycles. The molecule has 2 unspecified atom stereocenters. The van der Waals surface area contributed by atoms with Crippen molar-refractivity contribution in [3.63, 3.8) is 0 Å². The van der Waals surface area contributed by atoms with E-state index in [4.69, 9.17) is 5.73 Å². The number of aryl methyl sites for hydroxylation is 1. The summed E-state index contributed by atoms with van der Waals surface area (Å²) in [5, 5.41) is 0. The van der Waals surface area contributed by atoms with Crippen molar-refractivity contribution in [1.29, 1.82) is 0 Å². The van der Waals surface area contributed by atoms with E-state index in [1.807, 2.05) is 6.20 Å². The third-order valence-electron chi connectivity index (χ3n) is 5.84. The predicted molar refractivity (Wildman–Crippen MR) is 88.2 cm³/mol. The summed E-state index contributed by atoms with van der Waals surface area (Å²) in [4.78, 5) is 4.68. The van der Waals surface area contributed by atoms with Crippen LogP contribution in [0.2, 0.25) is 0 Å². The lowest BCUT2D eigenvalue weighted by atomic mass is 9.71. The number of aromatic nitrogens is 1. The maximum absolute atomic E-state index is 6.72. The molecule has 116 valence electrons. The highest BCUT2D eigenvalue weighted by atomic mass is 14.8. The molecule has 0 bridgehead atoms. The maximum atomic E-state index is 6.72. The van der Waals surface area contributed by atoms with Crippen LogP contribution in [0.5, 0.6) is 0 Å². The first kappa shape index (κ1) is 15.0. The van der Waals surface area contributed by atoms with Gasteiger partial charge in [-0.2, -0.15) is 0 Å². The average Bonchev–Trinajstić information content (AvgIpc) is 2.55. The molecule has 1 fully saturated rings. The fourth-order valence-electron chi connectivity index (χ4n) is 4.62. The zero-order valence-electron chi connectivity index (χ0n) is 13.4. The van der Waals surface area contributed by atoms with Crippen molar-refractivity contribution in [2.24, 2.45) is 17.6 Å². The van der Waals surface area contributed by atoms with Gasteiger partial charge >= 0.3 is 0 Å².